The molecule has 0 fully saturated rings. The summed E-state index contributed by atoms with van der Waals surface area (Å²) in [5, 5.41) is 3.73. The van der Waals surface area contributed by atoms with Crippen molar-refractivity contribution in [3.63, 3.8) is 0 Å². The summed E-state index contributed by atoms with van der Waals surface area (Å²) in [6, 6.07) is 3.14. The van der Waals surface area contributed by atoms with Crippen molar-refractivity contribution >= 4 is 40.5 Å². The summed E-state index contributed by atoms with van der Waals surface area (Å²) >= 11 is 11.7. The molecular weight excluding hydrogens is 275 g/mol. The number of allylic oxidation sites excluding steroid dienone is 1. The van der Waals surface area contributed by atoms with Crippen LogP contribution in [-0.4, -0.2) is 12.6 Å². The van der Waals surface area contributed by atoms with Crippen molar-refractivity contribution in [2.75, 3.05) is 17.7 Å². The summed E-state index contributed by atoms with van der Waals surface area (Å²) < 4.78 is 4.79. The quantitative estimate of drug-likeness (QED) is 0.506. The standard InChI is InChI=1S/C12H14Cl2N2O2/c1-3-18-12(17)4-7(2)16-11-6-9(14)8(13)5-10(11)15/h4-6,16H,3,15H2,1-2H3/b7-4+. The largest absolute Gasteiger partial charge is 0.463 e. The smallest absolute Gasteiger partial charge is 0.332 e. The average molecular weight is 289 g/mol. The fraction of sp³-hybridized carbons (Fsp3) is 0.250. The SMILES string of the molecule is CCOC(=O)/C=C(\C)Nc1cc(Cl)c(Cl)cc1N. The van der Waals surface area contributed by atoms with Gasteiger partial charge in [-0.3, -0.25) is 0 Å². The third-order valence-electron chi connectivity index (χ3n) is 2.05. The highest BCUT2D eigenvalue weighted by Gasteiger charge is 2.06. The molecule has 6 heteroatoms. The summed E-state index contributed by atoms with van der Waals surface area (Å²) in [5.74, 6) is -0.416. The van der Waals surface area contributed by atoms with Crippen molar-refractivity contribution in [1.29, 1.82) is 0 Å². The van der Waals surface area contributed by atoms with Gasteiger partial charge in [0.2, 0.25) is 0 Å². The third-order valence-corrected chi connectivity index (χ3v) is 2.77. The number of halogens is 2. The molecule has 0 saturated carbocycles. The van der Waals surface area contributed by atoms with Crippen LogP contribution in [0.15, 0.2) is 23.9 Å². The zero-order chi connectivity index (χ0) is 13.7. The van der Waals surface area contributed by atoms with E-state index in [1.54, 1.807) is 26.0 Å². The van der Waals surface area contributed by atoms with Crippen LogP contribution in [-0.2, 0) is 9.53 Å². The van der Waals surface area contributed by atoms with E-state index < -0.39 is 5.97 Å². The van der Waals surface area contributed by atoms with Crippen LogP contribution in [0.25, 0.3) is 0 Å². The molecule has 1 aromatic carbocycles. The maximum absolute atomic E-state index is 11.2. The third kappa shape index (κ3) is 4.13. The fourth-order valence-electron chi connectivity index (χ4n) is 1.28. The van der Waals surface area contributed by atoms with Crippen LogP contribution in [0.5, 0.6) is 0 Å². The highest BCUT2D eigenvalue weighted by Crippen LogP contribution is 2.31. The van der Waals surface area contributed by atoms with Gasteiger partial charge in [-0.05, 0) is 26.0 Å². The average Bonchev–Trinajstić information content (AvgIpc) is 2.26. The van der Waals surface area contributed by atoms with Gasteiger partial charge in [-0.25, -0.2) is 4.79 Å². The van der Waals surface area contributed by atoms with Crippen molar-refractivity contribution in [3.05, 3.63) is 34.0 Å². The Morgan fingerprint density at radius 1 is 1.44 bits per heavy atom. The number of anilines is 2. The van der Waals surface area contributed by atoms with E-state index in [1.807, 2.05) is 0 Å². The van der Waals surface area contributed by atoms with Gasteiger partial charge in [-0.1, -0.05) is 23.2 Å². The predicted octanol–water partition coefficient (Wildman–Crippen LogP) is 3.45. The summed E-state index contributed by atoms with van der Waals surface area (Å²) in [7, 11) is 0. The maximum atomic E-state index is 11.2. The maximum Gasteiger partial charge on any atom is 0.332 e. The number of hydrogen-bond acceptors (Lipinski definition) is 4. The topological polar surface area (TPSA) is 64.3 Å². The van der Waals surface area contributed by atoms with Crippen LogP contribution in [0.3, 0.4) is 0 Å². The number of nitrogens with two attached hydrogens (primary N) is 1. The molecule has 0 aliphatic carbocycles. The second-order valence-electron chi connectivity index (χ2n) is 3.56. The number of carbonyl (C=O) groups is 1. The lowest BCUT2D eigenvalue weighted by molar-refractivity contribution is -0.137. The number of benzene rings is 1. The van der Waals surface area contributed by atoms with Gasteiger partial charge in [0.15, 0.2) is 0 Å². The van der Waals surface area contributed by atoms with E-state index in [1.165, 1.54) is 6.08 Å². The molecule has 0 amide bonds. The summed E-state index contributed by atoms with van der Waals surface area (Å²) in [4.78, 5) is 11.2. The Morgan fingerprint density at radius 3 is 2.67 bits per heavy atom. The van der Waals surface area contributed by atoms with E-state index in [-0.39, 0.29) is 0 Å². The number of rotatable bonds is 4. The molecule has 0 heterocycles. The number of nitrogens with one attached hydrogen (secondary N) is 1. The molecule has 0 aliphatic heterocycles. The molecule has 18 heavy (non-hydrogen) atoms. The van der Waals surface area contributed by atoms with Gasteiger partial charge < -0.3 is 15.8 Å². The van der Waals surface area contributed by atoms with Crippen LogP contribution >= 0.6 is 23.2 Å². The molecule has 4 nitrogen and oxygen atoms in total. The first kappa shape index (κ1) is 14.7. The van der Waals surface area contributed by atoms with Crippen molar-refractivity contribution in [2.45, 2.75) is 13.8 Å². The Morgan fingerprint density at radius 2 is 2.06 bits per heavy atom. The van der Waals surface area contributed by atoms with Gasteiger partial charge in [0, 0.05) is 11.8 Å². The van der Waals surface area contributed by atoms with Crippen LogP contribution in [0.2, 0.25) is 10.0 Å². The molecule has 1 aromatic rings. The molecule has 0 bridgehead atoms. The lowest BCUT2D eigenvalue weighted by atomic mass is 10.2. The molecule has 0 unspecified atom stereocenters. The van der Waals surface area contributed by atoms with E-state index in [2.05, 4.69) is 5.32 Å². The first-order valence-corrected chi connectivity index (χ1v) is 6.06. The minimum absolute atomic E-state index is 0.331. The molecule has 0 aliphatic rings. The van der Waals surface area contributed by atoms with E-state index in [0.29, 0.717) is 33.7 Å². The molecule has 1 rings (SSSR count). The molecule has 98 valence electrons. The lowest BCUT2D eigenvalue weighted by Gasteiger charge is -2.10. The normalized spacial score (nSPS) is 11.2. The Kier molecular flexibility index (Phi) is 5.31. The summed E-state index contributed by atoms with van der Waals surface area (Å²) in [5.41, 5.74) is 7.41. The van der Waals surface area contributed by atoms with Gasteiger partial charge in [0.05, 0.1) is 28.0 Å². The second-order valence-corrected chi connectivity index (χ2v) is 4.37. The number of esters is 1. The Balaban J connectivity index is 2.85. The van der Waals surface area contributed by atoms with Crippen molar-refractivity contribution in [3.8, 4) is 0 Å². The van der Waals surface area contributed by atoms with Crippen molar-refractivity contribution in [1.82, 2.24) is 0 Å². The van der Waals surface area contributed by atoms with Gasteiger partial charge in [0.1, 0.15) is 0 Å². The Labute approximate surface area is 116 Å². The van der Waals surface area contributed by atoms with Crippen molar-refractivity contribution in [2.24, 2.45) is 0 Å². The molecule has 3 N–H and O–H groups in total. The van der Waals surface area contributed by atoms with Gasteiger partial charge in [0.25, 0.3) is 0 Å². The van der Waals surface area contributed by atoms with Crippen LogP contribution in [0, 0.1) is 0 Å². The molecule has 0 saturated heterocycles. The van der Waals surface area contributed by atoms with E-state index >= 15 is 0 Å². The summed E-state index contributed by atoms with van der Waals surface area (Å²) in [6.45, 7) is 3.79. The monoisotopic (exact) mass is 288 g/mol. The van der Waals surface area contributed by atoms with E-state index in [4.69, 9.17) is 33.7 Å². The molecular formula is C12H14Cl2N2O2. The Hall–Kier alpha value is -1.39. The first-order chi connectivity index (χ1) is 8.43. The number of carbonyl (C=O) groups excluding carboxylic acids is 1. The number of ether oxygens (including phenoxy) is 1. The molecule has 0 radical (unpaired) electrons. The van der Waals surface area contributed by atoms with Crippen LogP contribution in [0.4, 0.5) is 11.4 Å². The van der Waals surface area contributed by atoms with Gasteiger partial charge in [-0.2, -0.15) is 0 Å². The highest BCUT2D eigenvalue weighted by atomic mass is 35.5. The zero-order valence-corrected chi connectivity index (χ0v) is 11.6. The fourth-order valence-corrected chi connectivity index (χ4v) is 1.62. The number of nitrogen functional groups attached to an aromatic ring is 1. The van der Waals surface area contributed by atoms with E-state index in [9.17, 15) is 4.79 Å². The minimum Gasteiger partial charge on any atom is -0.463 e. The summed E-state index contributed by atoms with van der Waals surface area (Å²) in [6.07, 6.45) is 1.34. The highest BCUT2D eigenvalue weighted by molar-refractivity contribution is 6.42. The van der Waals surface area contributed by atoms with Crippen molar-refractivity contribution < 1.29 is 9.53 Å². The van der Waals surface area contributed by atoms with Crippen LogP contribution < -0.4 is 11.1 Å². The molecule has 0 spiro atoms. The lowest BCUT2D eigenvalue weighted by Crippen LogP contribution is -2.05. The van der Waals surface area contributed by atoms with Gasteiger partial charge >= 0.3 is 5.97 Å². The molecule has 0 aromatic heterocycles. The molecule has 0 atom stereocenters. The minimum atomic E-state index is -0.416. The Bertz CT molecular complexity index is 487. The van der Waals surface area contributed by atoms with E-state index in [0.717, 1.165) is 0 Å². The number of hydrogen-bond donors (Lipinski definition) is 2. The zero-order valence-electron chi connectivity index (χ0n) is 10.1. The first-order valence-electron chi connectivity index (χ1n) is 5.30. The predicted molar refractivity (Wildman–Crippen MR) is 74.9 cm³/mol. The second kappa shape index (κ2) is 6.52. The van der Waals surface area contributed by atoms with Gasteiger partial charge in [-0.15, -0.1) is 0 Å². The van der Waals surface area contributed by atoms with Crippen LogP contribution in [0.1, 0.15) is 13.8 Å².